The molecule has 0 saturated carbocycles. The fourth-order valence-corrected chi connectivity index (χ4v) is 1.08. The minimum atomic E-state index is -0.242. The van der Waals surface area contributed by atoms with Gasteiger partial charge in [0, 0.05) is 0 Å². The van der Waals surface area contributed by atoms with Crippen LogP contribution in [0.3, 0.4) is 0 Å². The molecule has 0 saturated heterocycles. The highest BCUT2D eigenvalue weighted by Gasteiger charge is 2.10. The molecule has 0 spiro atoms. The molecule has 70 valence electrons. The van der Waals surface area contributed by atoms with Crippen LogP contribution in [0, 0.1) is 6.92 Å². The number of carbonyl (C=O) groups is 1. The van der Waals surface area contributed by atoms with Gasteiger partial charge in [0.25, 0.3) is 0 Å². The van der Waals surface area contributed by atoms with Gasteiger partial charge in [-0.05, 0) is 32.4 Å². The van der Waals surface area contributed by atoms with E-state index >= 15 is 0 Å². The van der Waals surface area contributed by atoms with Gasteiger partial charge in [-0.15, -0.1) is 0 Å². The average Bonchev–Trinajstić information content (AvgIpc) is 2.03. The molecule has 1 aromatic carbocycles. The van der Waals surface area contributed by atoms with E-state index in [0.717, 1.165) is 5.56 Å². The number of ether oxygens (including phenoxy) is 1. The van der Waals surface area contributed by atoms with Gasteiger partial charge in [0.1, 0.15) is 0 Å². The Morgan fingerprint density at radius 2 is 1.92 bits per heavy atom. The lowest BCUT2D eigenvalue weighted by Gasteiger charge is -2.09. The van der Waals surface area contributed by atoms with Crippen molar-refractivity contribution in [3.05, 3.63) is 35.4 Å². The molecule has 0 bridgehead atoms. The molecule has 2 nitrogen and oxygen atoms in total. The summed E-state index contributed by atoms with van der Waals surface area (Å²) in [6, 6.07) is 7.42. The van der Waals surface area contributed by atoms with Crippen LogP contribution in [0.15, 0.2) is 24.3 Å². The van der Waals surface area contributed by atoms with Gasteiger partial charge in [0.15, 0.2) is 0 Å². The Morgan fingerprint density at radius 3 is 2.46 bits per heavy atom. The fourth-order valence-electron chi connectivity index (χ4n) is 1.08. The highest BCUT2D eigenvalue weighted by Crippen LogP contribution is 2.09. The van der Waals surface area contributed by atoms with Gasteiger partial charge >= 0.3 is 5.97 Å². The van der Waals surface area contributed by atoms with Gasteiger partial charge in [0.05, 0.1) is 11.7 Å². The fraction of sp³-hybridized carbons (Fsp3) is 0.364. The third kappa shape index (κ3) is 2.58. The lowest BCUT2D eigenvalue weighted by molar-refractivity contribution is 0.0377. The van der Waals surface area contributed by atoms with Crippen LogP contribution in [0.4, 0.5) is 0 Å². The molecule has 0 amide bonds. The van der Waals surface area contributed by atoms with Gasteiger partial charge in [-0.1, -0.05) is 18.2 Å². The number of aryl methyl sites for hydroxylation is 1. The molecule has 0 heterocycles. The molecule has 0 radical (unpaired) electrons. The summed E-state index contributed by atoms with van der Waals surface area (Å²) in [4.78, 5) is 11.5. The zero-order chi connectivity index (χ0) is 9.84. The average molecular weight is 178 g/mol. The minimum Gasteiger partial charge on any atom is -0.459 e. The number of hydrogen-bond acceptors (Lipinski definition) is 2. The molecule has 0 aliphatic heterocycles. The van der Waals surface area contributed by atoms with E-state index in [0.29, 0.717) is 5.56 Å². The summed E-state index contributed by atoms with van der Waals surface area (Å²) in [5.74, 6) is -0.242. The van der Waals surface area contributed by atoms with Crippen molar-refractivity contribution in [3.63, 3.8) is 0 Å². The van der Waals surface area contributed by atoms with Crippen molar-refractivity contribution < 1.29 is 9.53 Å². The molecule has 0 aromatic heterocycles. The molecule has 0 fully saturated rings. The van der Waals surface area contributed by atoms with Crippen LogP contribution in [0.25, 0.3) is 0 Å². The van der Waals surface area contributed by atoms with Crippen molar-refractivity contribution in [2.45, 2.75) is 26.9 Å². The molecule has 0 atom stereocenters. The summed E-state index contributed by atoms with van der Waals surface area (Å²) in [6.45, 7) is 5.59. The largest absolute Gasteiger partial charge is 0.459 e. The van der Waals surface area contributed by atoms with E-state index in [4.69, 9.17) is 4.74 Å². The smallest absolute Gasteiger partial charge is 0.338 e. The molecular formula is C11H14O2. The molecule has 1 rings (SSSR count). The highest BCUT2D eigenvalue weighted by atomic mass is 16.5. The third-order valence-electron chi connectivity index (χ3n) is 1.71. The quantitative estimate of drug-likeness (QED) is 0.650. The lowest BCUT2D eigenvalue weighted by Crippen LogP contribution is -2.12. The summed E-state index contributed by atoms with van der Waals surface area (Å²) in [6.07, 6.45) is -0.0629. The molecule has 0 aliphatic rings. The standard InChI is InChI=1S/C11H14O2/c1-8(2)13-11(12)10-7-5-4-6-9(10)3/h4-8H,1-3H3. The number of rotatable bonds is 2. The Bertz CT molecular complexity index is 303. The molecule has 0 N–H and O–H groups in total. The molecule has 1 aromatic rings. The first-order valence-corrected chi connectivity index (χ1v) is 4.38. The monoisotopic (exact) mass is 178 g/mol. The second kappa shape index (κ2) is 4.08. The van der Waals surface area contributed by atoms with Crippen molar-refractivity contribution in [3.8, 4) is 0 Å². The Labute approximate surface area is 78.5 Å². The van der Waals surface area contributed by atoms with Crippen molar-refractivity contribution in [2.24, 2.45) is 0 Å². The SMILES string of the molecule is Cc1ccccc1C(=O)OC(C)C. The number of carbonyl (C=O) groups excluding carboxylic acids is 1. The molecule has 2 heteroatoms. The van der Waals surface area contributed by atoms with E-state index in [1.165, 1.54) is 0 Å². The zero-order valence-corrected chi connectivity index (χ0v) is 8.20. The topological polar surface area (TPSA) is 26.3 Å². The van der Waals surface area contributed by atoms with Gasteiger partial charge in [0.2, 0.25) is 0 Å². The second-order valence-corrected chi connectivity index (χ2v) is 3.27. The summed E-state index contributed by atoms with van der Waals surface area (Å²) < 4.78 is 5.08. The zero-order valence-electron chi connectivity index (χ0n) is 8.20. The van der Waals surface area contributed by atoms with Crippen LogP contribution in [0.2, 0.25) is 0 Å². The first-order chi connectivity index (χ1) is 6.11. The van der Waals surface area contributed by atoms with Gasteiger partial charge < -0.3 is 4.74 Å². The summed E-state index contributed by atoms with van der Waals surface area (Å²) in [5.41, 5.74) is 1.60. The van der Waals surface area contributed by atoms with Crippen LogP contribution in [0.1, 0.15) is 29.8 Å². The predicted octanol–water partition coefficient (Wildman–Crippen LogP) is 2.56. The second-order valence-electron chi connectivity index (χ2n) is 3.27. The predicted molar refractivity (Wildman–Crippen MR) is 51.7 cm³/mol. The van der Waals surface area contributed by atoms with Crippen LogP contribution in [-0.4, -0.2) is 12.1 Å². The molecule has 13 heavy (non-hydrogen) atoms. The van der Waals surface area contributed by atoms with Crippen LogP contribution < -0.4 is 0 Å². The maximum atomic E-state index is 11.5. The van der Waals surface area contributed by atoms with Crippen LogP contribution in [0.5, 0.6) is 0 Å². The van der Waals surface area contributed by atoms with Crippen LogP contribution >= 0.6 is 0 Å². The first kappa shape index (κ1) is 9.78. The lowest BCUT2D eigenvalue weighted by atomic mass is 10.1. The first-order valence-electron chi connectivity index (χ1n) is 4.38. The van der Waals surface area contributed by atoms with Crippen molar-refractivity contribution in [1.82, 2.24) is 0 Å². The Morgan fingerprint density at radius 1 is 1.31 bits per heavy atom. The Hall–Kier alpha value is -1.31. The van der Waals surface area contributed by atoms with E-state index < -0.39 is 0 Å². The maximum absolute atomic E-state index is 11.5. The van der Waals surface area contributed by atoms with E-state index in [1.54, 1.807) is 6.07 Å². The van der Waals surface area contributed by atoms with Crippen molar-refractivity contribution >= 4 is 5.97 Å². The number of hydrogen-bond donors (Lipinski definition) is 0. The highest BCUT2D eigenvalue weighted by molar-refractivity contribution is 5.91. The van der Waals surface area contributed by atoms with E-state index in [9.17, 15) is 4.79 Å². The number of esters is 1. The molecule has 0 aliphatic carbocycles. The maximum Gasteiger partial charge on any atom is 0.338 e. The van der Waals surface area contributed by atoms with E-state index in [2.05, 4.69) is 0 Å². The molecular weight excluding hydrogens is 164 g/mol. The minimum absolute atomic E-state index is 0.0629. The number of benzene rings is 1. The van der Waals surface area contributed by atoms with Crippen molar-refractivity contribution in [1.29, 1.82) is 0 Å². The summed E-state index contributed by atoms with van der Waals surface area (Å²) >= 11 is 0. The van der Waals surface area contributed by atoms with Crippen LogP contribution in [-0.2, 0) is 4.74 Å². The third-order valence-corrected chi connectivity index (χ3v) is 1.71. The van der Waals surface area contributed by atoms with Gasteiger partial charge in [-0.2, -0.15) is 0 Å². The van der Waals surface area contributed by atoms with E-state index in [1.807, 2.05) is 39.0 Å². The summed E-state index contributed by atoms with van der Waals surface area (Å²) in [5, 5.41) is 0. The normalized spacial score (nSPS) is 10.2. The Kier molecular flexibility index (Phi) is 3.07. The summed E-state index contributed by atoms with van der Waals surface area (Å²) in [7, 11) is 0. The molecule has 0 unspecified atom stereocenters. The van der Waals surface area contributed by atoms with Crippen molar-refractivity contribution in [2.75, 3.05) is 0 Å². The van der Waals surface area contributed by atoms with Gasteiger partial charge in [-0.25, -0.2) is 4.79 Å². The van der Waals surface area contributed by atoms with E-state index in [-0.39, 0.29) is 12.1 Å². The van der Waals surface area contributed by atoms with Gasteiger partial charge in [-0.3, -0.25) is 0 Å². The Balaban J connectivity index is 2.83.